The number of ether oxygens (including phenoxy) is 3. The summed E-state index contributed by atoms with van der Waals surface area (Å²) in [6.07, 6.45) is -5.85. The number of rotatable bonds is 9. The molecule has 0 bridgehead atoms. The van der Waals surface area contributed by atoms with Crippen molar-refractivity contribution in [1.29, 1.82) is 0 Å². The first kappa shape index (κ1) is 24.0. The predicted octanol–water partition coefficient (Wildman–Crippen LogP) is 3.10. The van der Waals surface area contributed by atoms with Crippen LogP contribution < -0.4 is 14.2 Å². The first-order valence-corrected chi connectivity index (χ1v) is 10.6. The van der Waals surface area contributed by atoms with Gasteiger partial charge in [-0.15, -0.1) is 24.9 Å². The Balaban J connectivity index is 1.84. The third-order valence-corrected chi connectivity index (χ3v) is 5.83. The van der Waals surface area contributed by atoms with Gasteiger partial charge in [-0.05, 0) is 29.8 Å². The van der Waals surface area contributed by atoms with Crippen LogP contribution >= 0.6 is 11.8 Å². The second-order valence-corrected chi connectivity index (χ2v) is 7.96. The van der Waals surface area contributed by atoms with Crippen molar-refractivity contribution in [3.05, 3.63) is 53.6 Å². The molecule has 1 aliphatic rings. The van der Waals surface area contributed by atoms with Gasteiger partial charge in [0, 0.05) is 6.54 Å². The summed E-state index contributed by atoms with van der Waals surface area (Å²) in [6, 6.07) is 10.4. The third kappa shape index (κ3) is 5.99. The fraction of sp³-hybridized carbons (Fsp3) is 0.381. The first-order chi connectivity index (χ1) is 15.2. The molecular formula is C21H22F3NO6S. The van der Waals surface area contributed by atoms with Gasteiger partial charge in [-0.25, -0.2) is 0 Å². The van der Waals surface area contributed by atoms with Crippen LogP contribution in [0.15, 0.2) is 42.5 Å². The van der Waals surface area contributed by atoms with Gasteiger partial charge in [0.2, 0.25) is 5.91 Å². The Labute approximate surface area is 186 Å². The highest BCUT2D eigenvalue weighted by Crippen LogP contribution is 2.47. The molecule has 32 heavy (non-hydrogen) atoms. The lowest BCUT2D eigenvalue weighted by Crippen LogP contribution is -2.28. The minimum atomic E-state index is -4.78. The molecule has 7 nitrogen and oxygen atoms in total. The molecule has 2 aromatic rings. The number of carbonyl (C=O) groups excluding carboxylic acids is 1. The number of nitrogens with zero attached hydrogens (tertiary/aromatic N) is 1. The van der Waals surface area contributed by atoms with Gasteiger partial charge >= 0.3 is 6.36 Å². The molecule has 0 spiro atoms. The molecule has 1 aliphatic heterocycles. The molecule has 1 saturated heterocycles. The molecule has 0 aromatic heterocycles. The molecule has 1 unspecified atom stereocenters. The van der Waals surface area contributed by atoms with E-state index in [-0.39, 0.29) is 30.6 Å². The molecule has 0 saturated carbocycles. The minimum absolute atomic E-state index is 0.150. The zero-order valence-electron chi connectivity index (χ0n) is 17.0. The molecule has 174 valence electrons. The van der Waals surface area contributed by atoms with Crippen LogP contribution in [0.2, 0.25) is 0 Å². The van der Waals surface area contributed by atoms with E-state index in [1.54, 1.807) is 23.1 Å². The molecule has 3 rings (SSSR count). The van der Waals surface area contributed by atoms with Crippen LogP contribution in [0.4, 0.5) is 13.2 Å². The maximum absolute atomic E-state index is 12.6. The lowest BCUT2D eigenvalue weighted by molar-refractivity contribution is -0.274. The van der Waals surface area contributed by atoms with E-state index in [0.717, 1.165) is 0 Å². The van der Waals surface area contributed by atoms with Crippen molar-refractivity contribution >= 4 is 17.7 Å². The number of aliphatic hydroxyl groups excluding tert-OH is 2. The fourth-order valence-electron chi connectivity index (χ4n) is 3.17. The number of amides is 1. The number of aliphatic hydroxyl groups is 2. The van der Waals surface area contributed by atoms with Crippen molar-refractivity contribution in [2.75, 3.05) is 26.1 Å². The van der Waals surface area contributed by atoms with Gasteiger partial charge in [0.25, 0.3) is 0 Å². The number of hydrogen-bond acceptors (Lipinski definition) is 7. The van der Waals surface area contributed by atoms with Gasteiger partial charge in [-0.3, -0.25) is 4.79 Å². The number of benzene rings is 2. The lowest BCUT2D eigenvalue weighted by atomic mass is 10.1. The largest absolute Gasteiger partial charge is 0.573 e. The number of hydrogen-bond donors (Lipinski definition) is 2. The van der Waals surface area contributed by atoms with Crippen molar-refractivity contribution in [3.8, 4) is 17.2 Å². The number of thioether (sulfide) groups is 1. The van der Waals surface area contributed by atoms with Crippen LogP contribution in [0.5, 0.6) is 17.2 Å². The molecular weight excluding hydrogens is 451 g/mol. The van der Waals surface area contributed by atoms with E-state index in [1.165, 1.54) is 43.1 Å². The molecule has 1 amide bonds. The second kappa shape index (κ2) is 10.3. The maximum Gasteiger partial charge on any atom is 0.573 e. The standard InChI is InChI=1S/C21H22F3NO6S/c1-29-16-3-2-4-17(30-11-14(27)10-26)19(16)20-25(18(28)12-32-20)9-13-5-7-15(8-6-13)31-21(22,23)24/h2-8,14,20,26-27H,9-12H2,1H3/t14-,20?/m0/s1. The van der Waals surface area contributed by atoms with Crippen LogP contribution in [-0.2, 0) is 11.3 Å². The molecule has 2 atom stereocenters. The summed E-state index contributed by atoms with van der Waals surface area (Å²) in [4.78, 5) is 14.2. The number of halogens is 3. The Hall–Kier alpha value is -2.63. The van der Waals surface area contributed by atoms with Crippen LogP contribution in [0, 0.1) is 0 Å². The van der Waals surface area contributed by atoms with Crippen LogP contribution in [0.25, 0.3) is 0 Å². The Kier molecular flexibility index (Phi) is 7.75. The fourth-order valence-corrected chi connectivity index (χ4v) is 4.40. The summed E-state index contributed by atoms with van der Waals surface area (Å²) in [5.41, 5.74) is 1.21. The van der Waals surface area contributed by atoms with Crippen LogP contribution in [-0.4, -0.2) is 59.6 Å². The van der Waals surface area contributed by atoms with E-state index in [4.69, 9.17) is 14.6 Å². The van der Waals surface area contributed by atoms with Gasteiger partial charge in [0.05, 0.1) is 25.0 Å². The zero-order valence-corrected chi connectivity index (χ0v) is 17.9. The number of alkyl halides is 3. The van der Waals surface area contributed by atoms with Gasteiger partial charge in [0.15, 0.2) is 0 Å². The van der Waals surface area contributed by atoms with Crippen molar-refractivity contribution < 1.29 is 42.4 Å². The first-order valence-electron chi connectivity index (χ1n) is 9.56. The van der Waals surface area contributed by atoms with Crippen molar-refractivity contribution in [2.45, 2.75) is 24.4 Å². The van der Waals surface area contributed by atoms with Gasteiger partial charge in [-0.1, -0.05) is 18.2 Å². The van der Waals surface area contributed by atoms with Crippen molar-refractivity contribution in [2.24, 2.45) is 0 Å². The third-order valence-electron chi connectivity index (χ3n) is 4.61. The molecule has 1 heterocycles. The Morgan fingerprint density at radius 3 is 2.50 bits per heavy atom. The SMILES string of the molecule is COc1cccc(OC[C@@H](O)CO)c1C1SCC(=O)N1Cc1ccc(OC(F)(F)F)cc1. The topological polar surface area (TPSA) is 88.5 Å². The van der Waals surface area contributed by atoms with Gasteiger partial charge < -0.3 is 29.3 Å². The summed E-state index contributed by atoms with van der Waals surface area (Å²) >= 11 is 1.36. The molecule has 1 fully saturated rings. The summed E-state index contributed by atoms with van der Waals surface area (Å²) in [6.45, 7) is -0.460. The minimum Gasteiger partial charge on any atom is -0.496 e. The summed E-state index contributed by atoms with van der Waals surface area (Å²) in [5.74, 6) is 0.581. The highest BCUT2D eigenvalue weighted by molar-refractivity contribution is 8.00. The van der Waals surface area contributed by atoms with E-state index in [9.17, 15) is 23.1 Å². The highest BCUT2D eigenvalue weighted by Gasteiger charge is 2.37. The van der Waals surface area contributed by atoms with Crippen molar-refractivity contribution in [1.82, 2.24) is 4.90 Å². The number of methoxy groups -OCH3 is 1. The Morgan fingerprint density at radius 2 is 1.88 bits per heavy atom. The average Bonchev–Trinajstić information content (AvgIpc) is 3.11. The summed E-state index contributed by atoms with van der Waals surface area (Å²) in [7, 11) is 1.48. The quantitative estimate of drug-likeness (QED) is 0.579. The van der Waals surface area contributed by atoms with Gasteiger partial charge in [-0.2, -0.15) is 0 Å². The normalized spacial score (nSPS) is 17.4. The lowest BCUT2D eigenvalue weighted by Gasteiger charge is -2.27. The molecule has 0 aliphatic carbocycles. The summed E-state index contributed by atoms with van der Waals surface area (Å²) < 4.78 is 52.1. The maximum atomic E-state index is 12.6. The second-order valence-electron chi connectivity index (χ2n) is 6.90. The van der Waals surface area contributed by atoms with Crippen LogP contribution in [0.1, 0.15) is 16.5 Å². The molecule has 0 radical (unpaired) electrons. The van der Waals surface area contributed by atoms with E-state index in [2.05, 4.69) is 4.74 Å². The van der Waals surface area contributed by atoms with Crippen molar-refractivity contribution in [3.63, 3.8) is 0 Å². The van der Waals surface area contributed by atoms with E-state index in [1.807, 2.05) is 0 Å². The van der Waals surface area contributed by atoms with E-state index in [0.29, 0.717) is 22.6 Å². The molecule has 2 aromatic carbocycles. The predicted molar refractivity (Wildman–Crippen MR) is 110 cm³/mol. The summed E-state index contributed by atoms with van der Waals surface area (Å²) in [5, 5.41) is 18.2. The van der Waals surface area contributed by atoms with Crippen LogP contribution in [0.3, 0.4) is 0 Å². The monoisotopic (exact) mass is 473 g/mol. The average molecular weight is 473 g/mol. The Bertz CT molecular complexity index is 925. The molecule has 11 heteroatoms. The highest BCUT2D eigenvalue weighted by atomic mass is 32.2. The molecule has 2 N–H and O–H groups in total. The zero-order chi connectivity index (χ0) is 23.3. The smallest absolute Gasteiger partial charge is 0.496 e. The Morgan fingerprint density at radius 1 is 1.19 bits per heavy atom. The van der Waals surface area contributed by atoms with E-state index < -0.39 is 24.4 Å². The van der Waals surface area contributed by atoms with Gasteiger partial charge in [0.1, 0.15) is 35.3 Å². The van der Waals surface area contributed by atoms with E-state index >= 15 is 0 Å². The number of carbonyl (C=O) groups is 1.